The van der Waals surface area contributed by atoms with Crippen molar-refractivity contribution in [3.05, 3.63) is 45.1 Å². The van der Waals surface area contributed by atoms with Gasteiger partial charge in [0.2, 0.25) is 5.91 Å². The van der Waals surface area contributed by atoms with Gasteiger partial charge in [0.15, 0.2) is 5.13 Å². The van der Waals surface area contributed by atoms with Gasteiger partial charge in [-0.2, -0.15) is 0 Å². The van der Waals surface area contributed by atoms with Crippen LogP contribution in [-0.2, 0) is 11.3 Å². The number of methoxy groups -OCH3 is 1. The third-order valence-corrected chi connectivity index (χ3v) is 6.33. The zero-order chi connectivity index (χ0) is 22.0. The van der Waals surface area contributed by atoms with E-state index in [1.54, 1.807) is 38.0 Å². The summed E-state index contributed by atoms with van der Waals surface area (Å²) >= 11 is 7.67. The number of aromatic nitrogens is 3. The van der Waals surface area contributed by atoms with Gasteiger partial charge in [0, 0.05) is 24.3 Å². The van der Waals surface area contributed by atoms with Crippen molar-refractivity contribution in [2.75, 3.05) is 39.2 Å². The Balaban J connectivity index is 2.00. The molecule has 10 heteroatoms. The summed E-state index contributed by atoms with van der Waals surface area (Å²) in [7, 11) is 5.42. The Kier molecular flexibility index (Phi) is 6.74. The number of likely N-dealkylation sites (N-methyl/N-ethyl adjacent to an activating group) is 1. The van der Waals surface area contributed by atoms with Gasteiger partial charge in [-0.05, 0) is 40.1 Å². The van der Waals surface area contributed by atoms with Crippen LogP contribution in [-0.4, -0.2) is 59.6 Å². The Morgan fingerprint density at radius 2 is 2.00 bits per heavy atom. The summed E-state index contributed by atoms with van der Waals surface area (Å²) in [5.74, 6) is 0.338. The summed E-state index contributed by atoms with van der Waals surface area (Å²) in [6, 6.07) is 3.50. The first-order valence-corrected chi connectivity index (χ1v) is 10.5. The highest BCUT2D eigenvalue weighted by molar-refractivity contribution is 7.23. The van der Waals surface area contributed by atoms with Crippen molar-refractivity contribution in [1.82, 2.24) is 19.4 Å². The lowest BCUT2D eigenvalue weighted by Crippen LogP contribution is -2.40. The van der Waals surface area contributed by atoms with Gasteiger partial charge in [0.1, 0.15) is 17.8 Å². The summed E-state index contributed by atoms with van der Waals surface area (Å²) in [4.78, 5) is 38.1. The maximum absolute atomic E-state index is 13.2. The van der Waals surface area contributed by atoms with Crippen LogP contribution in [0.15, 0.2) is 23.3 Å². The lowest BCUT2D eigenvalue weighted by Gasteiger charge is -2.22. The van der Waals surface area contributed by atoms with E-state index in [9.17, 15) is 9.59 Å². The van der Waals surface area contributed by atoms with Gasteiger partial charge in [-0.3, -0.25) is 19.1 Å². The second kappa shape index (κ2) is 9.11. The standard InChI is InChI=1S/C20H24ClN5O3S/c1-12-13(2)22-11-25(19(12)28)10-16(27)26(9-8-24(3)4)20-23-17-15(29-5)7-6-14(21)18(17)30-20/h6-7,11H,8-10H2,1-5H3. The minimum atomic E-state index is -0.252. The van der Waals surface area contributed by atoms with Crippen molar-refractivity contribution < 1.29 is 9.53 Å². The number of aryl methyl sites for hydroxylation is 1. The quantitative estimate of drug-likeness (QED) is 0.551. The van der Waals surface area contributed by atoms with Crippen LogP contribution in [0.2, 0.25) is 5.02 Å². The van der Waals surface area contributed by atoms with Crippen molar-refractivity contribution in [3.8, 4) is 5.75 Å². The first kappa shape index (κ1) is 22.2. The summed E-state index contributed by atoms with van der Waals surface area (Å²) in [6.07, 6.45) is 1.41. The molecule has 0 N–H and O–H groups in total. The molecule has 0 saturated carbocycles. The number of nitrogens with zero attached hydrogens (tertiary/aromatic N) is 5. The lowest BCUT2D eigenvalue weighted by molar-refractivity contribution is -0.119. The predicted molar refractivity (Wildman–Crippen MR) is 120 cm³/mol. The minimum Gasteiger partial charge on any atom is -0.494 e. The van der Waals surface area contributed by atoms with E-state index in [1.807, 2.05) is 19.0 Å². The number of amides is 1. The van der Waals surface area contributed by atoms with E-state index < -0.39 is 0 Å². The first-order valence-electron chi connectivity index (χ1n) is 9.33. The zero-order valence-corrected chi connectivity index (χ0v) is 19.2. The summed E-state index contributed by atoms with van der Waals surface area (Å²) in [5.41, 5.74) is 1.57. The smallest absolute Gasteiger partial charge is 0.256 e. The van der Waals surface area contributed by atoms with Crippen LogP contribution in [0.25, 0.3) is 10.2 Å². The van der Waals surface area contributed by atoms with Gasteiger partial charge in [-0.15, -0.1) is 0 Å². The number of benzene rings is 1. The number of halogens is 1. The molecule has 0 aliphatic heterocycles. The molecule has 2 heterocycles. The monoisotopic (exact) mass is 449 g/mol. The highest BCUT2D eigenvalue weighted by Crippen LogP contribution is 2.38. The largest absolute Gasteiger partial charge is 0.494 e. The number of anilines is 1. The summed E-state index contributed by atoms with van der Waals surface area (Å²) < 4.78 is 7.47. The Labute approximate surface area is 183 Å². The number of hydrogen-bond donors (Lipinski definition) is 0. The molecule has 0 aliphatic rings. The van der Waals surface area contributed by atoms with E-state index in [1.165, 1.54) is 22.2 Å². The average Bonchev–Trinajstić information content (AvgIpc) is 3.14. The van der Waals surface area contributed by atoms with Crippen LogP contribution in [0.1, 0.15) is 11.3 Å². The number of hydrogen-bond acceptors (Lipinski definition) is 7. The molecule has 0 aliphatic carbocycles. The van der Waals surface area contributed by atoms with Crippen LogP contribution >= 0.6 is 22.9 Å². The molecule has 0 atom stereocenters. The number of ether oxygens (including phenoxy) is 1. The molecule has 1 amide bonds. The molecule has 3 aromatic rings. The number of fused-ring (bicyclic) bond motifs is 1. The fraction of sp³-hybridized carbons (Fsp3) is 0.400. The van der Waals surface area contributed by atoms with Gasteiger partial charge in [-0.25, -0.2) is 9.97 Å². The topological polar surface area (TPSA) is 80.6 Å². The van der Waals surface area contributed by atoms with Crippen molar-refractivity contribution in [2.45, 2.75) is 20.4 Å². The molecule has 0 radical (unpaired) electrons. The normalized spacial score (nSPS) is 11.3. The van der Waals surface area contributed by atoms with Crippen molar-refractivity contribution in [1.29, 1.82) is 0 Å². The van der Waals surface area contributed by atoms with E-state index in [-0.39, 0.29) is 18.0 Å². The molecule has 0 unspecified atom stereocenters. The highest BCUT2D eigenvalue weighted by atomic mass is 35.5. The first-order chi connectivity index (χ1) is 14.2. The molecule has 0 saturated heterocycles. The molecule has 0 fully saturated rings. The van der Waals surface area contributed by atoms with Crippen LogP contribution in [0, 0.1) is 13.8 Å². The Hall–Kier alpha value is -2.49. The SMILES string of the molecule is COc1ccc(Cl)c2sc(N(CCN(C)C)C(=O)Cn3cnc(C)c(C)c3=O)nc12. The molecule has 30 heavy (non-hydrogen) atoms. The van der Waals surface area contributed by atoms with Gasteiger partial charge in [0.25, 0.3) is 5.56 Å². The molecule has 0 bridgehead atoms. The van der Waals surface area contributed by atoms with Crippen LogP contribution in [0.4, 0.5) is 5.13 Å². The Morgan fingerprint density at radius 1 is 1.27 bits per heavy atom. The Bertz CT molecular complexity index is 1140. The number of carbonyl (C=O) groups is 1. The number of rotatable bonds is 7. The van der Waals surface area contributed by atoms with E-state index in [2.05, 4.69) is 9.97 Å². The van der Waals surface area contributed by atoms with Gasteiger partial charge >= 0.3 is 0 Å². The van der Waals surface area contributed by atoms with Crippen molar-refractivity contribution in [3.63, 3.8) is 0 Å². The number of carbonyl (C=O) groups excluding carboxylic acids is 1. The van der Waals surface area contributed by atoms with Gasteiger partial charge in [0.05, 0.1) is 23.2 Å². The molecular weight excluding hydrogens is 426 g/mol. The molecule has 1 aromatic carbocycles. The molecule has 3 rings (SSSR count). The van der Waals surface area contributed by atoms with E-state index >= 15 is 0 Å². The molecular formula is C20H24ClN5O3S. The van der Waals surface area contributed by atoms with Crippen molar-refractivity contribution >= 4 is 44.2 Å². The second-order valence-electron chi connectivity index (χ2n) is 7.16. The average molecular weight is 450 g/mol. The second-order valence-corrected chi connectivity index (χ2v) is 8.55. The van der Waals surface area contributed by atoms with Gasteiger partial charge in [-0.1, -0.05) is 22.9 Å². The van der Waals surface area contributed by atoms with Crippen LogP contribution in [0.3, 0.4) is 0 Å². The summed E-state index contributed by atoms with van der Waals surface area (Å²) in [5, 5.41) is 1.05. The van der Waals surface area contributed by atoms with E-state index in [4.69, 9.17) is 16.3 Å². The van der Waals surface area contributed by atoms with Gasteiger partial charge < -0.3 is 9.64 Å². The Morgan fingerprint density at radius 3 is 2.67 bits per heavy atom. The maximum atomic E-state index is 13.2. The third-order valence-electron chi connectivity index (χ3n) is 4.79. The summed E-state index contributed by atoms with van der Waals surface area (Å²) in [6.45, 7) is 4.40. The van der Waals surface area contributed by atoms with Crippen LogP contribution < -0.4 is 15.2 Å². The molecule has 160 valence electrons. The predicted octanol–water partition coefficient (Wildman–Crippen LogP) is 2.73. The van der Waals surface area contributed by atoms with Crippen LogP contribution in [0.5, 0.6) is 5.75 Å². The lowest BCUT2D eigenvalue weighted by atomic mass is 10.3. The third kappa shape index (κ3) is 4.48. The molecule has 8 nitrogen and oxygen atoms in total. The zero-order valence-electron chi connectivity index (χ0n) is 17.6. The van der Waals surface area contributed by atoms with Crippen molar-refractivity contribution in [2.24, 2.45) is 0 Å². The fourth-order valence-electron chi connectivity index (χ4n) is 2.87. The fourth-order valence-corrected chi connectivity index (χ4v) is 4.17. The highest BCUT2D eigenvalue weighted by Gasteiger charge is 2.23. The molecule has 2 aromatic heterocycles. The minimum absolute atomic E-state index is 0.124. The number of thiazole rings is 1. The van der Waals surface area contributed by atoms with E-state index in [0.717, 1.165) is 4.70 Å². The molecule has 0 spiro atoms. The maximum Gasteiger partial charge on any atom is 0.256 e. The van der Waals surface area contributed by atoms with E-state index in [0.29, 0.717) is 45.8 Å².